The van der Waals surface area contributed by atoms with Crippen molar-refractivity contribution >= 4 is 5.91 Å². The third kappa shape index (κ3) is 3.42. The van der Waals surface area contributed by atoms with Gasteiger partial charge in [-0.15, -0.1) is 0 Å². The van der Waals surface area contributed by atoms with Gasteiger partial charge in [0.15, 0.2) is 0 Å². The maximum Gasteiger partial charge on any atom is 0.223 e. The van der Waals surface area contributed by atoms with Gasteiger partial charge in [-0.05, 0) is 25.1 Å². The molecule has 0 fully saturated rings. The van der Waals surface area contributed by atoms with Crippen LogP contribution in [0.4, 0.5) is 0 Å². The highest BCUT2D eigenvalue weighted by atomic mass is 16.5. The van der Waals surface area contributed by atoms with Crippen molar-refractivity contribution in [2.24, 2.45) is 11.7 Å². The van der Waals surface area contributed by atoms with Gasteiger partial charge in [0.05, 0.1) is 18.6 Å². The first-order chi connectivity index (χ1) is 9.61. The molecule has 2 atom stereocenters. The molecule has 1 aromatic carbocycles. The molecular weight excluding hydrogens is 256 g/mol. The molecule has 3 N–H and O–H groups in total. The Kier molecular flexibility index (Phi) is 4.84. The Bertz CT molecular complexity index is 476. The van der Waals surface area contributed by atoms with E-state index in [1.807, 2.05) is 18.2 Å². The molecule has 1 aromatic rings. The Morgan fingerprint density at radius 1 is 1.60 bits per heavy atom. The molecular formula is C15H22N2O3. The quantitative estimate of drug-likeness (QED) is 0.795. The number of carbonyl (C=O) groups is 1. The summed E-state index contributed by atoms with van der Waals surface area (Å²) in [6.07, 6.45) is 1.10. The topological polar surface area (TPSA) is 73.6 Å². The van der Waals surface area contributed by atoms with E-state index in [2.05, 4.69) is 12.2 Å². The zero-order chi connectivity index (χ0) is 14.5. The van der Waals surface area contributed by atoms with E-state index in [0.29, 0.717) is 12.4 Å². The molecule has 0 radical (unpaired) electrons. The van der Waals surface area contributed by atoms with Crippen LogP contribution >= 0.6 is 0 Å². The van der Waals surface area contributed by atoms with Gasteiger partial charge in [-0.25, -0.2) is 0 Å². The number of ether oxygens (including phenoxy) is 2. The lowest BCUT2D eigenvalue weighted by molar-refractivity contribution is -0.122. The molecule has 0 saturated carbocycles. The molecule has 1 heterocycles. The van der Waals surface area contributed by atoms with Gasteiger partial charge in [-0.2, -0.15) is 0 Å². The highest BCUT2D eigenvalue weighted by molar-refractivity contribution is 5.76. The second-order valence-electron chi connectivity index (χ2n) is 5.13. The summed E-state index contributed by atoms with van der Waals surface area (Å²) in [5.74, 6) is 0.894. The van der Waals surface area contributed by atoms with Crippen molar-refractivity contribution in [3.05, 3.63) is 23.8 Å². The fourth-order valence-corrected chi connectivity index (χ4v) is 2.07. The molecule has 0 bridgehead atoms. The number of amides is 1. The predicted octanol–water partition coefficient (Wildman–Crippen LogP) is 1.62. The molecule has 0 aliphatic carbocycles. The molecule has 110 valence electrons. The third-order valence-corrected chi connectivity index (χ3v) is 3.39. The standard InChI is InChI=1S/C15H22N2O3/c1-3-6-17-13-9-20-14-7-11(4-5-12(13)14)19-8-10(2)15(16)18/h4-5,7,10,13,17H,3,6,8-9H2,1-2H3,(H2,16,18). The van der Waals surface area contributed by atoms with Crippen LogP contribution < -0.4 is 20.5 Å². The summed E-state index contributed by atoms with van der Waals surface area (Å²) in [6.45, 7) is 5.79. The average molecular weight is 278 g/mol. The number of nitrogens with two attached hydrogens (primary N) is 1. The maximum atomic E-state index is 11.0. The number of fused-ring (bicyclic) bond motifs is 1. The molecule has 1 aliphatic heterocycles. The lowest BCUT2D eigenvalue weighted by atomic mass is 10.1. The van der Waals surface area contributed by atoms with Crippen LogP contribution in [-0.4, -0.2) is 25.7 Å². The van der Waals surface area contributed by atoms with Crippen molar-refractivity contribution in [3.63, 3.8) is 0 Å². The number of benzene rings is 1. The molecule has 2 unspecified atom stereocenters. The summed E-state index contributed by atoms with van der Waals surface area (Å²) in [6, 6.07) is 6.04. The first-order valence-electron chi connectivity index (χ1n) is 7.04. The Labute approximate surface area is 119 Å². The monoisotopic (exact) mass is 278 g/mol. The Balaban J connectivity index is 1.97. The lowest BCUT2D eigenvalue weighted by Gasteiger charge is -2.12. The van der Waals surface area contributed by atoms with Crippen LogP contribution in [0.3, 0.4) is 0 Å². The van der Waals surface area contributed by atoms with E-state index < -0.39 is 0 Å². The number of rotatable bonds is 7. The van der Waals surface area contributed by atoms with Gasteiger partial charge in [-0.3, -0.25) is 4.79 Å². The van der Waals surface area contributed by atoms with E-state index >= 15 is 0 Å². The normalized spacial score (nSPS) is 18.2. The molecule has 20 heavy (non-hydrogen) atoms. The molecule has 0 spiro atoms. The zero-order valence-electron chi connectivity index (χ0n) is 12.0. The largest absolute Gasteiger partial charge is 0.493 e. The van der Waals surface area contributed by atoms with Crippen LogP contribution in [0.25, 0.3) is 0 Å². The molecule has 0 aromatic heterocycles. The minimum atomic E-state index is -0.355. The Hall–Kier alpha value is -1.75. The van der Waals surface area contributed by atoms with E-state index in [9.17, 15) is 4.79 Å². The Morgan fingerprint density at radius 2 is 2.40 bits per heavy atom. The van der Waals surface area contributed by atoms with Gasteiger partial charge < -0.3 is 20.5 Å². The van der Waals surface area contributed by atoms with Gasteiger partial charge in [-0.1, -0.05) is 13.8 Å². The molecule has 2 rings (SSSR count). The van der Waals surface area contributed by atoms with E-state index in [-0.39, 0.29) is 24.5 Å². The molecule has 1 aliphatic rings. The molecule has 1 amide bonds. The summed E-state index contributed by atoms with van der Waals surface area (Å²) < 4.78 is 11.2. The number of nitrogens with one attached hydrogen (secondary N) is 1. The SMILES string of the molecule is CCCNC1COc2cc(OCC(C)C(N)=O)ccc21. The number of primary amides is 1. The lowest BCUT2D eigenvalue weighted by Crippen LogP contribution is -2.25. The van der Waals surface area contributed by atoms with Crippen LogP contribution in [0.15, 0.2) is 18.2 Å². The predicted molar refractivity (Wildman–Crippen MR) is 76.8 cm³/mol. The van der Waals surface area contributed by atoms with Crippen molar-refractivity contribution in [3.8, 4) is 11.5 Å². The van der Waals surface area contributed by atoms with Gasteiger partial charge >= 0.3 is 0 Å². The fraction of sp³-hybridized carbons (Fsp3) is 0.533. The summed E-state index contributed by atoms with van der Waals surface area (Å²) in [7, 11) is 0. The van der Waals surface area contributed by atoms with Crippen molar-refractivity contribution in [2.75, 3.05) is 19.8 Å². The van der Waals surface area contributed by atoms with Crippen LogP contribution in [0.2, 0.25) is 0 Å². The van der Waals surface area contributed by atoms with Crippen LogP contribution in [0.1, 0.15) is 31.9 Å². The first kappa shape index (κ1) is 14.7. The Morgan fingerprint density at radius 3 is 3.10 bits per heavy atom. The van der Waals surface area contributed by atoms with Gasteiger partial charge in [0.1, 0.15) is 18.1 Å². The first-order valence-corrected chi connectivity index (χ1v) is 7.04. The van der Waals surface area contributed by atoms with Crippen molar-refractivity contribution < 1.29 is 14.3 Å². The second-order valence-corrected chi connectivity index (χ2v) is 5.13. The average Bonchev–Trinajstić information content (AvgIpc) is 2.84. The highest BCUT2D eigenvalue weighted by Gasteiger charge is 2.23. The third-order valence-electron chi connectivity index (χ3n) is 3.39. The maximum absolute atomic E-state index is 11.0. The smallest absolute Gasteiger partial charge is 0.223 e. The van der Waals surface area contributed by atoms with Gasteiger partial charge in [0.2, 0.25) is 5.91 Å². The van der Waals surface area contributed by atoms with Crippen molar-refractivity contribution in [1.82, 2.24) is 5.32 Å². The summed E-state index contributed by atoms with van der Waals surface area (Å²) >= 11 is 0. The van der Waals surface area contributed by atoms with E-state index in [0.717, 1.165) is 24.3 Å². The fourth-order valence-electron chi connectivity index (χ4n) is 2.07. The van der Waals surface area contributed by atoms with Crippen LogP contribution in [-0.2, 0) is 4.79 Å². The molecule has 5 nitrogen and oxygen atoms in total. The summed E-state index contributed by atoms with van der Waals surface area (Å²) in [5.41, 5.74) is 6.36. The van der Waals surface area contributed by atoms with Crippen LogP contribution in [0, 0.1) is 5.92 Å². The number of hydrogen-bond donors (Lipinski definition) is 2. The highest BCUT2D eigenvalue weighted by Crippen LogP contribution is 2.35. The van der Waals surface area contributed by atoms with E-state index in [1.165, 1.54) is 0 Å². The summed E-state index contributed by atoms with van der Waals surface area (Å²) in [5, 5.41) is 3.45. The van der Waals surface area contributed by atoms with E-state index in [4.69, 9.17) is 15.2 Å². The van der Waals surface area contributed by atoms with Crippen molar-refractivity contribution in [1.29, 1.82) is 0 Å². The summed E-state index contributed by atoms with van der Waals surface area (Å²) in [4.78, 5) is 11.0. The van der Waals surface area contributed by atoms with Crippen LogP contribution in [0.5, 0.6) is 11.5 Å². The van der Waals surface area contributed by atoms with E-state index in [1.54, 1.807) is 6.92 Å². The number of hydrogen-bond acceptors (Lipinski definition) is 4. The minimum absolute atomic E-state index is 0.253. The van der Waals surface area contributed by atoms with Crippen molar-refractivity contribution in [2.45, 2.75) is 26.3 Å². The molecule has 5 heteroatoms. The number of carbonyl (C=O) groups excluding carboxylic acids is 1. The minimum Gasteiger partial charge on any atom is -0.493 e. The zero-order valence-corrected chi connectivity index (χ0v) is 12.0. The molecule has 0 saturated heterocycles. The second kappa shape index (κ2) is 6.61. The van der Waals surface area contributed by atoms with Gasteiger partial charge in [0.25, 0.3) is 0 Å². The van der Waals surface area contributed by atoms with Gasteiger partial charge in [0, 0.05) is 11.6 Å².